The first kappa shape index (κ1) is 15.3. The van der Waals surface area contributed by atoms with Crippen LogP contribution < -0.4 is 14.2 Å². The summed E-state index contributed by atoms with van der Waals surface area (Å²) in [6, 6.07) is 10.6. The van der Waals surface area contributed by atoms with Gasteiger partial charge in [-0.05, 0) is 61.1 Å². The van der Waals surface area contributed by atoms with Crippen molar-refractivity contribution in [3.05, 3.63) is 47.5 Å². The fourth-order valence-corrected chi connectivity index (χ4v) is 4.29. The fourth-order valence-electron chi connectivity index (χ4n) is 3.18. The molecule has 0 bridgehead atoms. The second-order valence-electron chi connectivity index (χ2n) is 6.07. The van der Waals surface area contributed by atoms with Gasteiger partial charge in [-0.3, -0.25) is 4.72 Å². The molecule has 2 aromatic rings. The summed E-state index contributed by atoms with van der Waals surface area (Å²) in [5, 5.41) is 0. The zero-order valence-electron chi connectivity index (χ0n) is 13.2. The Balaban J connectivity index is 1.67. The SMILES string of the molecule is O=S(=O)(Nc1cccc2c1OCCC2)c1ccc2c(c1)CCCO2. The molecule has 5 nitrogen and oxygen atoms in total. The van der Waals surface area contributed by atoms with Gasteiger partial charge in [0.25, 0.3) is 10.0 Å². The molecule has 0 aromatic heterocycles. The van der Waals surface area contributed by atoms with Gasteiger partial charge >= 0.3 is 0 Å². The Kier molecular flexibility index (Phi) is 3.84. The monoisotopic (exact) mass is 345 g/mol. The van der Waals surface area contributed by atoms with Crippen LogP contribution in [0.25, 0.3) is 0 Å². The van der Waals surface area contributed by atoms with Crippen LogP contribution in [0.2, 0.25) is 0 Å². The van der Waals surface area contributed by atoms with Crippen LogP contribution in [0, 0.1) is 0 Å². The van der Waals surface area contributed by atoms with Crippen LogP contribution in [0.5, 0.6) is 11.5 Å². The first-order chi connectivity index (χ1) is 11.6. The number of rotatable bonds is 3. The molecule has 2 aromatic carbocycles. The van der Waals surface area contributed by atoms with E-state index in [1.165, 1.54) is 0 Å². The molecule has 4 rings (SSSR count). The highest BCUT2D eigenvalue weighted by atomic mass is 32.2. The van der Waals surface area contributed by atoms with Gasteiger partial charge in [0.1, 0.15) is 11.5 Å². The molecular weight excluding hydrogens is 326 g/mol. The minimum absolute atomic E-state index is 0.250. The maximum absolute atomic E-state index is 12.8. The van der Waals surface area contributed by atoms with Crippen LogP contribution in [-0.4, -0.2) is 21.6 Å². The summed E-state index contributed by atoms with van der Waals surface area (Å²) in [4.78, 5) is 0.250. The predicted molar refractivity (Wildman–Crippen MR) is 91.3 cm³/mol. The summed E-state index contributed by atoms with van der Waals surface area (Å²) in [5.74, 6) is 1.43. The standard InChI is InChI=1S/C18H19NO4S/c20-24(21,15-8-9-17-14(12-15)6-3-10-22-17)19-16-7-1-4-13-5-2-11-23-18(13)16/h1,4,7-9,12,19H,2-3,5-6,10-11H2. The molecule has 0 saturated heterocycles. The number of fused-ring (bicyclic) bond motifs is 2. The number of aryl methyl sites for hydroxylation is 2. The molecule has 126 valence electrons. The zero-order chi connectivity index (χ0) is 16.6. The lowest BCUT2D eigenvalue weighted by molar-refractivity contribution is 0.288. The van der Waals surface area contributed by atoms with E-state index in [0.29, 0.717) is 24.7 Å². The lowest BCUT2D eigenvalue weighted by Gasteiger charge is -2.21. The van der Waals surface area contributed by atoms with E-state index in [1.807, 2.05) is 12.1 Å². The number of sulfonamides is 1. The highest BCUT2D eigenvalue weighted by Crippen LogP contribution is 2.35. The Hall–Kier alpha value is -2.21. The smallest absolute Gasteiger partial charge is 0.262 e. The molecule has 2 aliphatic rings. The first-order valence-electron chi connectivity index (χ1n) is 8.17. The third-order valence-electron chi connectivity index (χ3n) is 4.37. The molecule has 0 saturated carbocycles. The van der Waals surface area contributed by atoms with Gasteiger partial charge in [0.05, 0.1) is 23.8 Å². The summed E-state index contributed by atoms with van der Waals surface area (Å²) in [6.07, 6.45) is 3.60. The third kappa shape index (κ3) is 2.82. The highest BCUT2D eigenvalue weighted by Gasteiger charge is 2.22. The normalized spacial score (nSPS) is 16.3. The quantitative estimate of drug-likeness (QED) is 0.928. The van der Waals surface area contributed by atoms with Crippen molar-refractivity contribution < 1.29 is 17.9 Å². The van der Waals surface area contributed by atoms with Gasteiger partial charge in [-0.15, -0.1) is 0 Å². The Morgan fingerprint density at radius 3 is 2.58 bits per heavy atom. The third-order valence-corrected chi connectivity index (χ3v) is 5.73. The number of hydrogen-bond donors (Lipinski definition) is 1. The van der Waals surface area contributed by atoms with Crippen molar-refractivity contribution in [2.24, 2.45) is 0 Å². The van der Waals surface area contributed by atoms with E-state index in [9.17, 15) is 8.42 Å². The molecule has 0 spiro atoms. The Bertz CT molecular complexity index is 877. The average molecular weight is 345 g/mol. The zero-order valence-corrected chi connectivity index (χ0v) is 14.1. The molecular formula is C18H19NO4S. The van der Waals surface area contributed by atoms with Crippen LogP contribution in [-0.2, 0) is 22.9 Å². The van der Waals surface area contributed by atoms with E-state index in [1.54, 1.807) is 24.3 Å². The van der Waals surface area contributed by atoms with Crippen LogP contribution >= 0.6 is 0 Å². The maximum atomic E-state index is 12.8. The van der Waals surface area contributed by atoms with E-state index < -0.39 is 10.0 Å². The molecule has 0 unspecified atom stereocenters. The van der Waals surface area contributed by atoms with Crippen molar-refractivity contribution in [2.45, 2.75) is 30.6 Å². The number of benzene rings is 2. The van der Waals surface area contributed by atoms with Gasteiger partial charge in [-0.1, -0.05) is 12.1 Å². The van der Waals surface area contributed by atoms with E-state index >= 15 is 0 Å². The molecule has 0 radical (unpaired) electrons. The molecule has 0 fully saturated rings. The van der Waals surface area contributed by atoms with Gasteiger partial charge in [0.2, 0.25) is 0 Å². The Labute approximate surface area is 141 Å². The summed E-state index contributed by atoms with van der Waals surface area (Å²) in [5.41, 5.74) is 2.48. The number of anilines is 1. The van der Waals surface area contributed by atoms with Gasteiger partial charge in [-0.25, -0.2) is 8.42 Å². The van der Waals surface area contributed by atoms with Crippen molar-refractivity contribution in [3.8, 4) is 11.5 Å². The molecule has 2 heterocycles. The van der Waals surface area contributed by atoms with Crippen LogP contribution in [0.1, 0.15) is 24.0 Å². The molecule has 0 aliphatic carbocycles. The van der Waals surface area contributed by atoms with Gasteiger partial charge in [0, 0.05) is 0 Å². The maximum Gasteiger partial charge on any atom is 0.262 e. The predicted octanol–water partition coefficient (Wildman–Crippen LogP) is 3.14. The topological polar surface area (TPSA) is 64.6 Å². The summed E-state index contributed by atoms with van der Waals surface area (Å²) in [7, 11) is -3.67. The van der Waals surface area contributed by atoms with Crippen LogP contribution in [0.3, 0.4) is 0 Å². The molecule has 24 heavy (non-hydrogen) atoms. The van der Waals surface area contributed by atoms with Crippen molar-refractivity contribution >= 4 is 15.7 Å². The molecule has 1 N–H and O–H groups in total. The summed E-state index contributed by atoms with van der Waals surface area (Å²) < 4.78 is 39.4. The van der Waals surface area contributed by atoms with E-state index in [4.69, 9.17) is 9.47 Å². The number of para-hydroxylation sites is 1. The van der Waals surface area contributed by atoms with Crippen molar-refractivity contribution in [1.29, 1.82) is 0 Å². The second kappa shape index (κ2) is 6.02. The number of nitrogens with one attached hydrogen (secondary N) is 1. The van der Waals surface area contributed by atoms with Gasteiger partial charge < -0.3 is 9.47 Å². The minimum atomic E-state index is -3.67. The number of ether oxygens (including phenoxy) is 2. The Morgan fingerprint density at radius 1 is 0.917 bits per heavy atom. The largest absolute Gasteiger partial charge is 0.493 e. The van der Waals surface area contributed by atoms with Crippen LogP contribution in [0.4, 0.5) is 5.69 Å². The Morgan fingerprint density at radius 2 is 1.71 bits per heavy atom. The molecule has 2 aliphatic heterocycles. The fraction of sp³-hybridized carbons (Fsp3) is 0.333. The number of hydrogen-bond acceptors (Lipinski definition) is 4. The van der Waals surface area contributed by atoms with Crippen LogP contribution in [0.15, 0.2) is 41.3 Å². The average Bonchev–Trinajstić information content (AvgIpc) is 2.61. The summed E-state index contributed by atoms with van der Waals surface area (Å²) in [6.45, 7) is 1.30. The van der Waals surface area contributed by atoms with Gasteiger partial charge in [0.15, 0.2) is 0 Å². The van der Waals surface area contributed by atoms with E-state index in [0.717, 1.165) is 42.6 Å². The second-order valence-corrected chi connectivity index (χ2v) is 7.76. The molecule has 6 heteroatoms. The van der Waals surface area contributed by atoms with E-state index in [2.05, 4.69) is 4.72 Å². The lowest BCUT2D eigenvalue weighted by Crippen LogP contribution is -2.17. The summed E-state index contributed by atoms with van der Waals surface area (Å²) >= 11 is 0. The highest BCUT2D eigenvalue weighted by molar-refractivity contribution is 7.92. The first-order valence-corrected chi connectivity index (χ1v) is 9.65. The molecule has 0 amide bonds. The molecule has 0 atom stereocenters. The van der Waals surface area contributed by atoms with Crippen molar-refractivity contribution in [2.75, 3.05) is 17.9 Å². The lowest BCUT2D eigenvalue weighted by atomic mass is 10.1. The van der Waals surface area contributed by atoms with Crippen molar-refractivity contribution in [1.82, 2.24) is 0 Å². The minimum Gasteiger partial charge on any atom is -0.493 e. The van der Waals surface area contributed by atoms with Gasteiger partial charge in [-0.2, -0.15) is 0 Å². The van der Waals surface area contributed by atoms with Crippen molar-refractivity contribution in [3.63, 3.8) is 0 Å². The van der Waals surface area contributed by atoms with E-state index in [-0.39, 0.29) is 4.90 Å².